The van der Waals surface area contributed by atoms with Crippen molar-refractivity contribution in [2.45, 2.75) is 26.3 Å². The summed E-state index contributed by atoms with van der Waals surface area (Å²) in [4.78, 5) is 32.6. The maximum absolute atomic E-state index is 12.1. The predicted molar refractivity (Wildman–Crippen MR) is 81.2 cm³/mol. The van der Waals surface area contributed by atoms with Gasteiger partial charge in [-0.1, -0.05) is 12.1 Å². The van der Waals surface area contributed by atoms with Crippen LogP contribution in [-0.4, -0.2) is 34.2 Å². The molecule has 0 atom stereocenters. The summed E-state index contributed by atoms with van der Waals surface area (Å²) in [5.41, 5.74) is 1.71. The van der Waals surface area contributed by atoms with Crippen LogP contribution in [0.15, 0.2) is 23.0 Å². The van der Waals surface area contributed by atoms with Crippen LogP contribution >= 0.6 is 0 Å². The molecule has 1 aromatic heterocycles. The Bertz CT molecular complexity index is 715. The van der Waals surface area contributed by atoms with Gasteiger partial charge in [-0.15, -0.1) is 0 Å². The van der Waals surface area contributed by atoms with E-state index in [2.05, 4.69) is 14.9 Å². The van der Waals surface area contributed by atoms with Gasteiger partial charge in [-0.05, 0) is 44.5 Å². The van der Waals surface area contributed by atoms with Crippen LogP contribution in [0.25, 0.3) is 10.9 Å². The molecular formula is C16H19N3O2. The van der Waals surface area contributed by atoms with Crippen molar-refractivity contribution in [3.05, 3.63) is 39.9 Å². The molecule has 2 aromatic rings. The van der Waals surface area contributed by atoms with Gasteiger partial charge in [-0.2, -0.15) is 0 Å². The quantitative estimate of drug-likeness (QED) is 0.871. The number of likely N-dealkylation sites (tertiary alicyclic amines) is 1. The van der Waals surface area contributed by atoms with Crippen molar-refractivity contribution in [1.82, 2.24) is 14.9 Å². The van der Waals surface area contributed by atoms with E-state index in [0.717, 1.165) is 43.3 Å². The van der Waals surface area contributed by atoms with Crippen LogP contribution in [0.2, 0.25) is 0 Å². The van der Waals surface area contributed by atoms with Gasteiger partial charge in [0.2, 0.25) is 0 Å². The summed E-state index contributed by atoms with van der Waals surface area (Å²) in [5, 5.41) is 0.637. The lowest BCUT2D eigenvalue weighted by Gasteiger charge is -2.28. The molecule has 0 radical (unpaired) electrons. The maximum Gasteiger partial charge on any atom is 0.258 e. The van der Waals surface area contributed by atoms with Crippen molar-refractivity contribution in [2.24, 2.45) is 5.92 Å². The molecule has 1 aromatic carbocycles. The third-order valence-corrected chi connectivity index (χ3v) is 4.19. The van der Waals surface area contributed by atoms with E-state index >= 15 is 0 Å². The Hall–Kier alpha value is -2.01. The van der Waals surface area contributed by atoms with Crippen LogP contribution in [0.3, 0.4) is 0 Å². The molecule has 1 N–H and O–H groups in total. The van der Waals surface area contributed by atoms with Crippen LogP contribution in [-0.2, 0) is 11.3 Å². The molecule has 0 unspecified atom stereocenters. The summed E-state index contributed by atoms with van der Waals surface area (Å²) in [6.07, 6.45) is 2.83. The summed E-state index contributed by atoms with van der Waals surface area (Å²) in [7, 11) is 0. The Morgan fingerprint density at radius 2 is 2.14 bits per heavy atom. The summed E-state index contributed by atoms with van der Waals surface area (Å²) >= 11 is 0. The maximum atomic E-state index is 12.1. The number of para-hydroxylation sites is 1. The Morgan fingerprint density at radius 3 is 2.86 bits per heavy atom. The van der Waals surface area contributed by atoms with E-state index in [1.807, 2.05) is 19.1 Å². The SMILES string of the molecule is Cc1cccc2c(=O)[nH]c(CN3CCC(C=O)CC3)nc12. The summed E-state index contributed by atoms with van der Waals surface area (Å²) in [6.45, 7) is 4.34. The van der Waals surface area contributed by atoms with Crippen LogP contribution < -0.4 is 5.56 Å². The molecule has 21 heavy (non-hydrogen) atoms. The van der Waals surface area contributed by atoms with Crippen LogP contribution in [0.4, 0.5) is 0 Å². The highest BCUT2D eigenvalue weighted by molar-refractivity contribution is 5.80. The van der Waals surface area contributed by atoms with Crippen molar-refractivity contribution in [3.63, 3.8) is 0 Å². The van der Waals surface area contributed by atoms with Crippen LogP contribution in [0.1, 0.15) is 24.2 Å². The van der Waals surface area contributed by atoms with E-state index in [1.54, 1.807) is 6.07 Å². The van der Waals surface area contributed by atoms with Gasteiger partial charge < -0.3 is 9.78 Å². The van der Waals surface area contributed by atoms with Gasteiger partial charge >= 0.3 is 0 Å². The lowest BCUT2D eigenvalue weighted by Crippen LogP contribution is -2.34. The van der Waals surface area contributed by atoms with E-state index < -0.39 is 0 Å². The molecule has 5 nitrogen and oxygen atoms in total. The monoisotopic (exact) mass is 285 g/mol. The average molecular weight is 285 g/mol. The number of fused-ring (bicyclic) bond motifs is 1. The first kappa shape index (κ1) is 13.9. The Morgan fingerprint density at radius 1 is 1.38 bits per heavy atom. The average Bonchev–Trinajstić information content (AvgIpc) is 2.49. The third-order valence-electron chi connectivity index (χ3n) is 4.19. The van der Waals surface area contributed by atoms with Gasteiger partial charge in [0.1, 0.15) is 12.1 Å². The minimum atomic E-state index is -0.0820. The second kappa shape index (κ2) is 5.77. The molecule has 1 saturated heterocycles. The zero-order valence-electron chi connectivity index (χ0n) is 12.1. The smallest absolute Gasteiger partial charge is 0.258 e. The Labute approximate surface area is 123 Å². The van der Waals surface area contributed by atoms with Crippen molar-refractivity contribution < 1.29 is 4.79 Å². The zero-order chi connectivity index (χ0) is 14.8. The topological polar surface area (TPSA) is 66.1 Å². The minimum Gasteiger partial charge on any atom is -0.309 e. The molecule has 0 amide bonds. The molecule has 1 aliphatic rings. The molecular weight excluding hydrogens is 266 g/mol. The van der Waals surface area contributed by atoms with Crippen molar-refractivity contribution >= 4 is 17.2 Å². The molecule has 0 aliphatic carbocycles. The highest BCUT2D eigenvalue weighted by atomic mass is 16.1. The molecule has 1 aliphatic heterocycles. The van der Waals surface area contributed by atoms with Gasteiger partial charge in [-0.25, -0.2) is 4.98 Å². The van der Waals surface area contributed by atoms with Gasteiger partial charge in [0.15, 0.2) is 0 Å². The van der Waals surface area contributed by atoms with Gasteiger partial charge in [0, 0.05) is 5.92 Å². The fourth-order valence-electron chi connectivity index (χ4n) is 2.89. The fourth-order valence-corrected chi connectivity index (χ4v) is 2.89. The van der Waals surface area contributed by atoms with Gasteiger partial charge in [0.25, 0.3) is 5.56 Å². The second-order valence-corrected chi connectivity index (χ2v) is 5.73. The van der Waals surface area contributed by atoms with Crippen LogP contribution in [0, 0.1) is 12.8 Å². The molecule has 0 spiro atoms. The van der Waals surface area contributed by atoms with Gasteiger partial charge in [-0.3, -0.25) is 9.69 Å². The number of hydrogen-bond acceptors (Lipinski definition) is 4. The first-order valence-electron chi connectivity index (χ1n) is 7.33. The first-order chi connectivity index (χ1) is 10.2. The molecule has 3 rings (SSSR count). The molecule has 110 valence electrons. The fraction of sp³-hybridized carbons (Fsp3) is 0.438. The number of piperidine rings is 1. The van der Waals surface area contributed by atoms with Crippen molar-refractivity contribution in [1.29, 1.82) is 0 Å². The lowest BCUT2D eigenvalue weighted by atomic mass is 9.99. The summed E-state index contributed by atoms with van der Waals surface area (Å²) in [5.74, 6) is 0.887. The van der Waals surface area contributed by atoms with E-state index in [1.165, 1.54) is 0 Å². The summed E-state index contributed by atoms with van der Waals surface area (Å²) in [6, 6.07) is 5.64. The predicted octanol–water partition coefficient (Wildman–Crippen LogP) is 1.64. The number of aromatic amines is 1. The number of aromatic nitrogens is 2. The van der Waals surface area contributed by atoms with Crippen molar-refractivity contribution in [2.75, 3.05) is 13.1 Å². The van der Waals surface area contributed by atoms with E-state index in [-0.39, 0.29) is 11.5 Å². The molecule has 1 fully saturated rings. The number of carbonyl (C=O) groups is 1. The van der Waals surface area contributed by atoms with E-state index in [0.29, 0.717) is 17.8 Å². The summed E-state index contributed by atoms with van der Waals surface area (Å²) < 4.78 is 0. The standard InChI is InChI=1S/C16H19N3O2/c1-11-3-2-4-13-15(11)17-14(18-16(13)21)9-19-7-5-12(10-20)6-8-19/h2-4,10,12H,5-9H2,1H3,(H,17,18,21). The normalized spacial score (nSPS) is 17.2. The molecule has 2 heterocycles. The molecule has 0 saturated carbocycles. The number of rotatable bonds is 3. The van der Waals surface area contributed by atoms with Gasteiger partial charge in [0.05, 0.1) is 17.4 Å². The Kier molecular flexibility index (Phi) is 3.84. The largest absolute Gasteiger partial charge is 0.309 e. The number of hydrogen-bond donors (Lipinski definition) is 1. The van der Waals surface area contributed by atoms with E-state index in [4.69, 9.17) is 0 Å². The Balaban J connectivity index is 1.83. The zero-order valence-corrected chi connectivity index (χ0v) is 12.1. The highest BCUT2D eigenvalue weighted by Gasteiger charge is 2.19. The number of carbonyl (C=O) groups excluding carboxylic acids is 1. The van der Waals surface area contributed by atoms with Crippen LogP contribution in [0.5, 0.6) is 0 Å². The first-order valence-corrected chi connectivity index (χ1v) is 7.33. The number of aryl methyl sites for hydroxylation is 1. The number of H-pyrrole nitrogens is 1. The minimum absolute atomic E-state index is 0.0820. The number of benzene rings is 1. The number of nitrogens with one attached hydrogen (secondary N) is 1. The lowest BCUT2D eigenvalue weighted by molar-refractivity contribution is -0.112. The molecule has 5 heteroatoms. The van der Waals surface area contributed by atoms with E-state index in [9.17, 15) is 9.59 Å². The third kappa shape index (κ3) is 2.88. The number of aldehydes is 1. The highest BCUT2D eigenvalue weighted by Crippen LogP contribution is 2.17. The van der Waals surface area contributed by atoms with Crippen molar-refractivity contribution in [3.8, 4) is 0 Å². The molecule has 0 bridgehead atoms. The number of nitrogens with zero attached hydrogens (tertiary/aromatic N) is 2. The second-order valence-electron chi connectivity index (χ2n) is 5.73.